The van der Waals surface area contributed by atoms with Gasteiger partial charge in [-0.15, -0.1) is 0 Å². The summed E-state index contributed by atoms with van der Waals surface area (Å²) in [5.74, 6) is -0.875. The van der Waals surface area contributed by atoms with Crippen molar-refractivity contribution in [1.82, 2.24) is 9.88 Å². The lowest BCUT2D eigenvalue weighted by atomic mass is 9.91. The molecule has 5 nitrogen and oxygen atoms in total. The number of anilines is 1. The van der Waals surface area contributed by atoms with E-state index in [0.717, 1.165) is 31.1 Å². The summed E-state index contributed by atoms with van der Waals surface area (Å²) < 4.78 is 0. The van der Waals surface area contributed by atoms with Crippen LogP contribution in [0.5, 0.6) is 0 Å². The number of likely N-dealkylation sites (tertiary alicyclic amines) is 1. The van der Waals surface area contributed by atoms with Crippen LogP contribution < -0.4 is 4.90 Å². The van der Waals surface area contributed by atoms with Crippen LogP contribution in [0, 0.1) is 0 Å². The minimum absolute atomic E-state index is 0.254. The molecule has 0 amide bonds. The van der Waals surface area contributed by atoms with Gasteiger partial charge in [0.15, 0.2) is 5.13 Å². The molecule has 2 heterocycles. The first-order valence-electron chi connectivity index (χ1n) is 7.36. The number of aromatic nitrogens is 1. The monoisotopic (exact) mass is 311 g/mol. The lowest BCUT2D eigenvalue weighted by molar-refractivity contribution is 0.0699. The topological polar surface area (TPSA) is 56.7 Å². The second kappa shape index (κ2) is 5.93. The SMILES string of the molecule is CN1CCC(N(C)c2nc(C(C)(C)C)c(C(=O)O)s2)CC1. The lowest BCUT2D eigenvalue weighted by Crippen LogP contribution is -2.42. The van der Waals surface area contributed by atoms with Gasteiger partial charge in [0.25, 0.3) is 0 Å². The molecule has 0 spiro atoms. The Labute approximate surface area is 130 Å². The van der Waals surface area contributed by atoms with Crippen molar-refractivity contribution in [2.75, 3.05) is 32.1 Å². The predicted octanol–water partition coefficient (Wildman–Crippen LogP) is 2.67. The van der Waals surface area contributed by atoms with Gasteiger partial charge in [-0.05, 0) is 33.0 Å². The zero-order chi connectivity index (χ0) is 15.8. The summed E-state index contributed by atoms with van der Waals surface area (Å²) in [6, 6.07) is 0.446. The van der Waals surface area contributed by atoms with E-state index in [-0.39, 0.29) is 5.41 Å². The van der Waals surface area contributed by atoms with Crippen molar-refractivity contribution in [3.63, 3.8) is 0 Å². The fourth-order valence-corrected chi connectivity index (χ4v) is 3.80. The van der Waals surface area contributed by atoms with E-state index in [1.807, 2.05) is 27.8 Å². The van der Waals surface area contributed by atoms with Gasteiger partial charge in [0.2, 0.25) is 0 Å². The van der Waals surface area contributed by atoms with E-state index in [4.69, 9.17) is 0 Å². The van der Waals surface area contributed by atoms with Gasteiger partial charge in [-0.3, -0.25) is 0 Å². The average Bonchev–Trinajstić information content (AvgIpc) is 2.84. The minimum atomic E-state index is -0.875. The van der Waals surface area contributed by atoms with Crippen LogP contribution in [0.3, 0.4) is 0 Å². The third-order valence-corrected chi connectivity index (χ3v) is 5.19. The molecule has 0 aliphatic carbocycles. The maximum Gasteiger partial charge on any atom is 0.347 e. The number of piperidine rings is 1. The van der Waals surface area contributed by atoms with E-state index >= 15 is 0 Å². The molecule has 1 aliphatic rings. The van der Waals surface area contributed by atoms with Gasteiger partial charge in [0, 0.05) is 18.5 Å². The molecule has 21 heavy (non-hydrogen) atoms. The third kappa shape index (κ3) is 3.55. The van der Waals surface area contributed by atoms with Crippen molar-refractivity contribution in [3.8, 4) is 0 Å². The summed E-state index contributed by atoms with van der Waals surface area (Å²) in [7, 11) is 4.17. The first-order valence-corrected chi connectivity index (χ1v) is 8.17. The van der Waals surface area contributed by atoms with Crippen molar-refractivity contribution in [2.24, 2.45) is 0 Å². The van der Waals surface area contributed by atoms with E-state index in [1.54, 1.807) is 0 Å². The molecular weight excluding hydrogens is 286 g/mol. The number of hydrogen-bond donors (Lipinski definition) is 1. The molecular formula is C15H25N3O2S. The number of hydrogen-bond acceptors (Lipinski definition) is 5. The molecule has 118 valence electrons. The smallest absolute Gasteiger partial charge is 0.347 e. The van der Waals surface area contributed by atoms with Crippen LogP contribution in [-0.2, 0) is 5.41 Å². The number of aromatic carboxylic acids is 1. The molecule has 0 unspecified atom stereocenters. The highest BCUT2D eigenvalue weighted by molar-refractivity contribution is 7.17. The Morgan fingerprint density at radius 2 is 1.95 bits per heavy atom. The van der Waals surface area contributed by atoms with Crippen LogP contribution in [0.1, 0.15) is 49.0 Å². The predicted molar refractivity (Wildman–Crippen MR) is 86.7 cm³/mol. The highest BCUT2D eigenvalue weighted by Gasteiger charge is 2.30. The fourth-order valence-electron chi connectivity index (χ4n) is 2.65. The molecule has 0 bridgehead atoms. The van der Waals surface area contributed by atoms with Crippen LogP contribution in [0.4, 0.5) is 5.13 Å². The van der Waals surface area contributed by atoms with Crippen molar-refractivity contribution < 1.29 is 9.90 Å². The maximum atomic E-state index is 11.5. The quantitative estimate of drug-likeness (QED) is 0.930. The van der Waals surface area contributed by atoms with Crippen molar-refractivity contribution >= 4 is 22.4 Å². The minimum Gasteiger partial charge on any atom is -0.477 e. The summed E-state index contributed by atoms with van der Waals surface area (Å²) in [5.41, 5.74) is 0.436. The highest BCUT2D eigenvalue weighted by Crippen LogP contribution is 2.35. The zero-order valence-electron chi connectivity index (χ0n) is 13.5. The Balaban J connectivity index is 2.26. The van der Waals surface area contributed by atoms with Crippen LogP contribution in [-0.4, -0.2) is 54.2 Å². The van der Waals surface area contributed by atoms with Gasteiger partial charge in [-0.25, -0.2) is 9.78 Å². The van der Waals surface area contributed by atoms with Gasteiger partial charge in [0.1, 0.15) is 4.88 Å². The molecule has 1 N–H and O–H groups in total. The van der Waals surface area contributed by atoms with Crippen LogP contribution in [0.2, 0.25) is 0 Å². The molecule has 1 fully saturated rings. The van der Waals surface area contributed by atoms with Gasteiger partial charge < -0.3 is 14.9 Å². The van der Waals surface area contributed by atoms with Crippen molar-refractivity contribution in [1.29, 1.82) is 0 Å². The molecule has 0 saturated carbocycles. The first kappa shape index (κ1) is 16.2. The zero-order valence-corrected chi connectivity index (χ0v) is 14.3. The number of carboxylic acids is 1. The van der Waals surface area contributed by atoms with Crippen LogP contribution in [0.25, 0.3) is 0 Å². The number of carbonyl (C=O) groups is 1. The Morgan fingerprint density at radius 3 is 2.38 bits per heavy atom. The molecule has 6 heteroatoms. The highest BCUT2D eigenvalue weighted by atomic mass is 32.1. The molecule has 1 aromatic heterocycles. The molecule has 1 saturated heterocycles. The number of rotatable bonds is 3. The largest absolute Gasteiger partial charge is 0.477 e. The molecule has 1 aromatic rings. The molecule has 2 rings (SSSR count). The van der Waals surface area contributed by atoms with Crippen molar-refractivity contribution in [2.45, 2.75) is 45.1 Å². The normalized spacial score (nSPS) is 18.0. The summed E-state index contributed by atoms with van der Waals surface area (Å²) in [6.45, 7) is 8.19. The van der Waals surface area contributed by atoms with E-state index in [9.17, 15) is 9.90 Å². The van der Waals surface area contributed by atoms with Crippen LogP contribution >= 0.6 is 11.3 Å². The van der Waals surface area contributed by atoms with Gasteiger partial charge in [-0.1, -0.05) is 32.1 Å². The van der Waals surface area contributed by atoms with Gasteiger partial charge >= 0.3 is 5.97 Å². The molecule has 0 aromatic carbocycles. The fraction of sp³-hybridized carbons (Fsp3) is 0.733. The number of thiazole rings is 1. The molecule has 0 atom stereocenters. The van der Waals surface area contributed by atoms with Gasteiger partial charge in [-0.2, -0.15) is 0 Å². The maximum absolute atomic E-state index is 11.5. The average molecular weight is 311 g/mol. The van der Waals surface area contributed by atoms with E-state index in [1.165, 1.54) is 11.3 Å². The lowest BCUT2D eigenvalue weighted by Gasteiger charge is -2.35. The van der Waals surface area contributed by atoms with Crippen LogP contribution in [0.15, 0.2) is 0 Å². The van der Waals surface area contributed by atoms with Gasteiger partial charge in [0.05, 0.1) is 5.69 Å². The van der Waals surface area contributed by atoms with E-state index in [2.05, 4.69) is 21.8 Å². The Hall–Kier alpha value is -1.14. The molecule has 1 aliphatic heterocycles. The summed E-state index contributed by atoms with van der Waals surface area (Å²) in [6.07, 6.45) is 2.19. The standard InChI is InChI=1S/C15H25N3O2S/c1-15(2,3)12-11(13(19)20)21-14(16-12)18(5)10-6-8-17(4)9-7-10/h10H,6-9H2,1-5H3,(H,19,20). The Kier molecular flexibility index (Phi) is 4.58. The van der Waals surface area contributed by atoms with E-state index < -0.39 is 5.97 Å². The Bertz CT molecular complexity index is 513. The van der Waals surface area contributed by atoms with E-state index in [0.29, 0.717) is 16.6 Å². The summed E-state index contributed by atoms with van der Waals surface area (Å²) >= 11 is 1.30. The first-order chi connectivity index (χ1) is 9.70. The van der Waals surface area contributed by atoms with Crippen molar-refractivity contribution in [3.05, 3.63) is 10.6 Å². The third-order valence-electron chi connectivity index (χ3n) is 4.06. The number of carboxylic acid groups (broad SMARTS) is 1. The summed E-state index contributed by atoms with van der Waals surface area (Å²) in [5, 5.41) is 10.2. The second-order valence-corrected chi connectivity index (χ2v) is 7.85. The Morgan fingerprint density at radius 1 is 1.38 bits per heavy atom. The number of nitrogens with zero attached hydrogens (tertiary/aromatic N) is 3. The summed E-state index contributed by atoms with van der Waals surface area (Å²) in [4.78, 5) is 21.0. The molecule has 0 radical (unpaired) electrons. The second-order valence-electron chi connectivity index (χ2n) is 6.87.